The zero-order chi connectivity index (χ0) is 18.2. The minimum atomic E-state index is 0. The van der Waals surface area contributed by atoms with E-state index in [1.54, 1.807) is 0 Å². The number of benzene rings is 1. The highest BCUT2D eigenvalue weighted by molar-refractivity contribution is 5.85. The molecule has 2 aliphatic rings. The van der Waals surface area contributed by atoms with Crippen LogP contribution in [0.4, 0.5) is 0 Å². The second kappa shape index (κ2) is 11.6. The number of ether oxygens (including phenoxy) is 1. The minimum absolute atomic E-state index is 0. The van der Waals surface area contributed by atoms with E-state index in [2.05, 4.69) is 34.5 Å². The molecule has 4 nitrogen and oxygen atoms in total. The lowest BCUT2D eigenvalue weighted by atomic mass is 9.90. The number of halogens is 1. The van der Waals surface area contributed by atoms with Crippen LogP contribution in [0, 0.1) is 11.8 Å². The molecule has 1 aromatic rings. The minimum Gasteiger partial charge on any atom is -0.494 e. The van der Waals surface area contributed by atoms with Crippen LogP contribution in [0.3, 0.4) is 0 Å². The van der Waals surface area contributed by atoms with Gasteiger partial charge in [0.25, 0.3) is 0 Å². The molecule has 5 heteroatoms. The number of likely N-dealkylation sites (tertiary alicyclic amines) is 1. The van der Waals surface area contributed by atoms with Gasteiger partial charge in [-0.2, -0.15) is 0 Å². The molecule has 1 aromatic carbocycles. The van der Waals surface area contributed by atoms with Crippen LogP contribution in [0.25, 0.3) is 0 Å². The van der Waals surface area contributed by atoms with Crippen LogP contribution in [0.15, 0.2) is 24.3 Å². The Hall–Kier alpha value is -1.26. The predicted octanol–water partition coefficient (Wildman–Crippen LogP) is 4.07. The summed E-state index contributed by atoms with van der Waals surface area (Å²) >= 11 is 0. The van der Waals surface area contributed by atoms with Crippen molar-refractivity contribution in [2.24, 2.45) is 11.8 Å². The first-order chi connectivity index (χ1) is 12.7. The van der Waals surface area contributed by atoms with E-state index in [-0.39, 0.29) is 12.4 Å². The fourth-order valence-corrected chi connectivity index (χ4v) is 4.21. The number of carbonyl (C=O) groups excluding carboxylic acids is 1. The second-order valence-electron chi connectivity index (χ2n) is 7.84. The van der Waals surface area contributed by atoms with E-state index in [4.69, 9.17) is 4.74 Å². The molecule has 3 rings (SSSR count). The Labute approximate surface area is 170 Å². The smallest absolute Gasteiger partial charge is 0.222 e. The van der Waals surface area contributed by atoms with Crippen LogP contribution < -0.4 is 10.1 Å². The molecule has 0 saturated carbocycles. The molecule has 0 spiro atoms. The summed E-state index contributed by atoms with van der Waals surface area (Å²) in [5, 5.41) is 3.39. The topological polar surface area (TPSA) is 41.6 Å². The summed E-state index contributed by atoms with van der Waals surface area (Å²) in [7, 11) is 0. The summed E-state index contributed by atoms with van der Waals surface area (Å²) in [6.07, 6.45) is 7.71. The molecule has 2 fully saturated rings. The summed E-state index contributed by atoms with van der Waals surface area (Å²) in [5.74, 6) is 2.80. The van der Waals surface area contributed by atoms with Crippen molar-refractivity contribution in [2.75, 3.05) is 32.8 Å². The molecular formula is C22H35ClN2O2. The summed E-state index contributed by atoms with van der Waals surface area (Å²) in [5.41, 5.74) is 1.39. The van der Waals surface area contributed by atoms with E-state index in [0.29, 0.717) is 18.4 Å². The number of nitrogens with zero attached hydrogens (tertiary/aromatic N) is 1. The molecule has 0 aliphatic carbocycles. The summed E-state index contributed by atoms with van der Waals surface area (Å²) in [6, 6.07) is 8.50. The van der Waals surface area contributed by atoms with E-state index in [1.807, 2.05) is 6.92 Å². The highest BCUT2D eigenvalue weighted by atomic mass is 35.5. The van der Waals surface area contributed by atoms with Crippen LogP contribution in [0.5, 0.6) is 5.75 Å². The molecule has 2 aliphatic heterocycles. The fraction of sp³-hybridized carbons (Fsp3) is 0.682. The van der Waals surface area contributed by atoms with Crippen LogP contribution in [0.1, 0.15) is 51.0 Å². The van der Waals surface area contributed by atoms with Crippen molar-refractivity contribution in [1.82, 2.24) is 10.2 Å². The molecule has 0 radical (unpaired) electrons. The average molecular weight is 395 g/mol. The number of rotatable bonds is 8. The first-order valence-electron chi connectivity index (χ1n) is 10.4. The number of nitrogens with one attached hydrogen (secondary N) is 1. The van der Waals surface area contributed by atoms with Crippen molar-refractivity contribution in [3.8, 4) is 5.75 Å². The van der Waals surface area contributed by atoms with Crippen LogP contribution in [0.2, 0.25) is 0 Å². The van der Waals surface area contributed by atoms with Gasteiger partial charge < -0.3 is 15.0 Å². The van der Waals surface area contributed by atoms with Gasteiger partial charge in [0, 0.05) is 19.5 Å². The number of hydrogen-bond acceptors (Lipinski definition) is 3. The zero-order valence-electron chi connectivity index (χ0n) is 16.6. The van der Waals surface area contributed by atoms with Gasteiger partial charge in [0.2, 0.25) is 5.91 Å². The highest BCUT2D eigenvalue weighted by Gasteiger charge is 2.23. The van der Waals surface area contributed by atoms with Crippen LogP contribution in [-0.4, -0.2) is 43.6 Å². The maximum Gasteiger partial charge on any atom is 0.222 e. The lowest BCUT2D eigenvalue weighted by Crippen LogP contribution is -2.38. The molecule has 27 heavy (non-hydrogen) atoms. The third kappa shape index (κ3) is 7.00. The van der Waals surface area contributed by atoms with Gasteiger partial charge in [-0.3, -0.25) is 4.79 Å². The van der Waals surface area contributed by atoms with Crippen molar-refractivity contribution >= 4 is 18.3 Å². The van der Waals surface area contributed by atoms with Gasteiger partial charge >= 0.3 is 0 Å². The Morgan fingerprint density at radius 2 is 1.85 bits per heavy atom. The molecule has 0 aromatic heterocycles. The van der Waals surface area contributed by atoms with Gasteiger partial charge in [0.1, 0.15) is 5.75 Å². The van der Waals surface area contributed by atoms with Gasteiger partial charge in [0.05, 0.1) is 6.61 Å². The number of piperidine rings is 1. The van der Waals surface area contributed by atoms with Gasteiger partial charge in [-0.25, -0.2) is 0 Å². The largest absolute Gasteiger partial charge is 0.494 e. The van der Waals surface area contributed by atoms with Crippen LogP contribution >= 0.6 is 12.4 Å². The van der Waals surface area contributed by atoms with Crippen molar-refractivity contribution < 1.29 is 9.53 Å². The van der Waals surface area contributed by atoms with Gasteiger partial charge in [0.15, 0.2) is 0 Å². The van der Waals surface area contributed by atoms with E-state index >= 15 is 0 Å². The van der Waals surface area contributed by atoms with Crippen LogP contribution in [-0.2, 0) is 11.2 Å². The zero-order valence-corrected chi connectivity index (χ0v) is 17.4. The fourth-order valence-electron chi connectivity index (χ4n) is 4.21. The molecule has 2 saturated heterocycles. The lowest BCUT2D eigenvalue weighted by Gasteiger charge is -2.32. The molecule has 1 N–H and O–H groups in total. The molecule has 0 bridgehead atoms. The Kier molecular flexibility index (Phi) is 9.43. The van der Waals surface area contributed by atoms with E-state index in [9.17, 15) is 4.79 Å². The highest BCUT2D eigenvalue weighted by Crippen LogP contribution is 2.24. The van der Waals surface area contributed by atoms with Gasteiger partial charge in [-0.1, -0.05) is 12.1 Å². The Morgan fingerprint density at radius 3 is 2.48 bits per heavy atom. The van der Waals surface area contributed by atoms with E-state index in [0.717, 1.165) is 70.0 Å². The maximum atomic E-state index is 12.4. The third-order valence-corrected chi connectivity index (χ3v) is 5.97. The van der Waals surface area contributed by atoms with Gasteiger partial charge in [-0.05, 0) is 88.1 Å². The molecular weight excluding hydrogens is 360 g/mol. The Balaban J connectivity index is 0.00000261. The molecule has 2 heterocycles. The quantitative estimate of drug-likeness (QED) is 0.722. The van der Waals surface area contributed by atoms with Crippen molar-refractivity contribution in [2.45, 2.75) is 51.9 Å². The third-order valence-electron chi connectivity index (χ3n) is 5.97. The Morgan fingerprint density at radius 1 is 1.11 bits per heavy atom. The summed E-state index contributed by atoms with van der Waals surface area (Å²) in [4.78, 5) is 14.5. The van der Waals surface area contributed by atoms with E-state index in [1.165, 1.54) is 18.4 Å². The molecule has 1 unspecified atom stereocenters. The number of aryl methyl sites for hydroxylation is 1. The second-order valence-corrected chi connectivity index (χ2v) is 7.84. The maximum absolute atomic E-state index is 12.4. The summed E-state index contributed by atoms with van der Waals surface area (Å²) < 4.78 is 5.50. The number of amides is 1. The standard InChI is InChI=1S/C22H34N2O2.ClH/c1-2-26-21-8-5-18(6-9-21)3-4-19-12-15-24(16-13-19)22(25)10-7-20-11-14-23-17-20;/h5-6,8-9,19-20,23H,2-4,7,10-17H2,1H3;1H. The lowest BCUT2D eigenvalue weighted by molar-refractivity contribution is -0.132. The predicted molar refractivity (Wildman–Crippen MR) is 113 cm³/mol. The number of hydrogen-bond donors (Lipinski definition) is 1. The molecule has 1 amide bonds. The van der Waals surface area contributed by atoms with Gasteiger partial charge in [-0.15, -0.1) is 12.4 Å². The first-order valence-corrected chi connectivity index (χ1v) is 10.4. The van der Waals surface area contributed by atoms with Crippen molar-refractivity contribution in [3.63, 3.8) is 0 Å². The Bertz CT molecular complexity index is 550. The molecule has 152 valence electrons. The normalized spacial score (nSPS) is 20.3. The SMILES string of the molecule is CCOc1ccc(CCC2CCN(C(=O)CCC3CCNC3)CC2)cc1.Cl. The van der Waals surface area contributed by atoms with E-state index < -0.39 is 0 Å². The summed E-state index contributed by atoms with van der Waals surface area (Å²) in [6.45, 7) is 6.86. The number of carbonyl (C=O) groups is 1. The molecule has 1 atom stereocenters. The van der Waals surface area contributed by atoms with Crippen molar-refractivity contribution in [3.05, 3.63) is 29.8 Å². The van der Waals surface area contributed by atoms with Crippen molar-refractivity contribution in [1.29, 1.82) is 0 Å². The average Bonchev–Trinajstić information content (AvgIpc) is 3.20. The first kappa shape index (κ1) is 22.0. The monoisotopic (exact) mass is 394 g/mol.